The fraction of sp³-hybridized carbons (Fsp3) is 0.241. The first-order valence-corrected chi connectivity index (χ1v) is 12.5. The Balaban J connectivity index is 1.47. The Morgan fingerprint density at radius 1 is 1.05 bits per heavy atom. The van der Waals surface area contributed by atoms with Crippen LogP contribution >= 0.6 is 0 Å². The lowest BCUT2D eigenvalue weighted by Crippen LogP contribution is -2.18. The molecule has 1 aliphatic carbocycles. The first-order chi connectivity index (χ1) is 18.7. The predicted molar refractivity (Wildman–Crippen MR) is 138 cm³/mol. The van der Waals surface area contributed by atoms with E-state index in [0.29, 0.717) is 24.2 Å². The molecule has 1 amide bonds. The molecule has 3 aromatic carbocycles. The minimum absolute atomic E-state index is 0.159. The summed E-state index contributed by atoms with van der Waals surface area (Å²) in [5.74, 6) is -0.937. The number of hydrogen-bond donors (Lipinski definition) is 2. The third kappa shape index (κ3) is 6.18. The molecule has 39 heavy (non-hydrogen) atoms. The first kappa shape index (κ1) is 26.6. The van der Waals surface area contributed by atoms with Gasteiger partial charge >= 0.3 is 6.18 Å². The van der Waals surface area contributed by atoms with Crippen molar-refractivity contribution in [2.75, 3.05) is 11.9 Å². The van der Waals surface area contributed by atoms with E-state index in [0.717, 1.165) is 23.1 Å². The summed E-state index contributed by atoms with van der Waals surface area (Å²) in [6, 6.07) is 20.2. The number of amides is 1. The molecule has 0 bridgehead atoms. The molecule has 1 saturated carbocycles. The summed E-state index contributed by atoms with van der Waals surface area (Å²) >= 11 is 0. The van der Waals surface area contributed by atoms with Crippen molar-refractivity contribution in [1.82, 2.24) is 9.78 Å². The highest BCUT2D eigenvalue weighted by Gasteiger charge is 2.36. The average Bonchev–Trinajstić information content (AvgIpc) is 3.64. The number of alkyl halides is 3. The van der Waals surface area contributed by atoms with E-state index in [2.05, 4.69) is 10.4 Å². The molecule has 0 spiro atoms. The molecular formula is C29H26F4N4O2. The van der Waals surface area contributed by atoms with Crippen LogP contribution in [0, 0.1) is 11.7 Å². The number of nitrogens with two attached hydrogens (primary N) is 1. The molecule has 1 atom stereocenters. The Kier molecular flexibility index (Phi) is 7.49. The number of hydrogen-bond acceptors (Lipinski definition) is 4. The highest BCUT2D eigenvalue weighted by Crippen LogP contribution is 2.35. The van der Waals surface area contributed by atoms with E-state index in [4.69, 9.17) is 10.5 Å². The van der Waals surface area contributed by atoms with Crippen molar-refractivity contribution in [2.24, 2.45) is 11.7 Å². The second-order valence-corrected chi connectivity index (χ2v) is 9.46. The largest absolute Gasteiger partial charge is 0.435 e. The van der Waals surface area contributed by atoms with E-state index in [1.165, 1.54) is 24.3 Å². The van der Waals surface area contributed by atoms with E-state index >= 15 is 4.39 Å². The number of halogens is 4. The third-order valence-electron chi connectivity index (χ3n) is 6.46. The van der Waals surface area contributed by atoms with Gasteiger partial charge in [0.05, 0.1) is 12.3 Å². The minimum atomic E-state index is -4.77. The highest BCUT2D eigenvalue weighted by atomic mass is 19.4. The number of benzene rings is 3. The topological polar surface area (TPSA) is 82.2 Å². The predicted octanol–water partition coefficient (Wildman–Crippen LogP) is 6.26. The molecule has 1 unspecified atom stereocenters. The summed E-state index contributed by atoms with van der Waals surface area (Å²) in [6.07, 6.45) is -3.37. The summed E-state index contributed by atoms with van der Waals surface area (Å²) in [7, 11) is 0. The van der Waals surface area contributed by atoms with Crippen LogP contribution in [0.15, 0.2) is 78.9 Å². The van der Waals surface area contributed by atoms with Gasteiger partial charge in [-0.2, -0.15) is 18.3 Å². The number of nitrogens with zero attached hydrogens (tertiary/aromatic N) is 2. The monoisotopic (exact) mass is 538 g/mol. The average molecular weight is 539 g/mol. The van der Waals surface area contributed by atoms with Crippen LogP contribution in [0.2, 0.25) is 0 Å². The number of carbonyl (C=O) groups excluding carboxylic acids is 1. The minimum Gasteiger partial charge on any atom is -0.368 e. The maximum atomic E-state index is 15.1. The van der Waals surface area contributed by atoms with Crippen LogP contribution in [0.5, 0.6) is 0 Å². The van der Waals surface area contributed by atoms with Crippen molar-refractivity contribution in [1.29, 1.82) is 0 Å². The molecule has 0 radical (unpaired) electrons. The maximum Gasteiger partial charge on any atom is 0.435 e. The molecule has 10 heteroatoms. The van der Waals surface area contributed by atoms with Crippen molar-refractivity contribution in [3.63, 3.8) is 0 Å². The van der Waals surface area contributed by atoms with Crippen molar-refractivity contribution < 1.29 is 27.1 Å². The van der Waals surface area contributed by atoms with Crippen molar-refractivity contribution in [3.8, 4) is 5.69 Å². The number of anilines is 1. The molecule has 1 heterocycles. The molecule has 1 fully saturated rings. The van der Waals surface area contributed by atoms with Crippen LogP contribution in [0.4, 0.5) is 23.2 Å². The molecule has 202 valence electrons. The van der Waals surface area contributed by atoms with Crippen LogP contribution < -0.4 is 11.1 Å². The summed E-state index contributed by atoms with van der Waals surface area (Å²) in [4.78, 5) is 13.3. The second kappa shape index (κ2) is 11.0. The summed E-state index contributed by atoms with van der Waals surface area (Å²) < 4.78 is 62.7. The van der Waals surface area contributed by atoms with Crippen LogP contribution in [-0.2, 0) is 17.5 Å². The number of aromatic nitrogens is 2. The lowest BCUT2D eigenvalue weighted by Gasteiger charge is -2.20. The van der Waals surface area contributed by atoms with Gasteiger partial charge in [-0.25, -0.2) is 9.07 Å². The van der Waals surface area contributed by atoms with Gasteiger partial charge in [0.15, 0.2) is 5.69 Å². The summed E-state index contributed by atoms with van der Waals surface area (Å²) in [6.45, 7) is 0.628. The van der Waals surface area contributed by atoms with Gasteiger partial charge in [-0.05, 0) is 60.2 Å². The van der Waals surface area contributed by atoms with Gasteiger partial charge in [0.2, 0.25) is 0 Å². The Morgan fingerprint density at radius 3 is 2.51 bits per heavy atom. The fourth-order valence-corrected chi connectivity index (χ4v) is 4.22. The smallest absolute Gasteiger partial charge is 0.368 e. The zero-order chi connectivity index (χ0) is 27.6. The highest BCUT2D eigenvalue weighted by molar-refractivity contribution is 6.03. The molecule has 3 N–H and O–H groups in total. The van der Waals surface area contributed by atoms with Crippen LogP contribution in [-0.4, -0.2) is 22.3 Å². The molecule has 1 aromatic heterocycles. The van der Waals surface area contributed by atoms with Gasteiger partial charge in [0.25, 0.3) is 5.91 Å². The normalized spacial score (nSPS) is 14.3. The number of ether oxygens (including phenoxy) is 1. The zero-order valence-electron chi connectivity index (χ0n) is 20.8. The molecular weight excluding hydrogens is 512 g/mol. The van der Waals surface area contributed by atoms with E-state index in [9.17, 15) is 18.0 Å². The maximum absolute atomic E-state index is 15.1. The van der Waals surface area contributed by atoms with Gasteiger partial charge in [-0.15, -0.1) is 0 Å². The van der Waals surface area contributed by atoms with E-state index in [1.54, 1.807) is 18.2 Å². The Morgan fingerprint density at radius 2 is 1.82 bits per heavy atom. The summed E-state index contributed by atoms with van der Waals surface area (Å²) in [5, 5.41) is 6.25. The molecule has 4 aromatic rings. The van der Waals surface area contributed by atoms with Crippen molar-refractivity contribution >= 4 is 11.6 Å². The second-order valence-electron chi connectivity index (χ2n) is 9.46. The van der Waals surface area contributed by atoms with Crippen molar-refractivity contribution in [3.05, 3.63) is 113 Å². The SMILES string of the molecule is NCc1cccc(-n2nc(C(F)(F)F)cc2C(=O)Nc2ccc(F)c(C(OCC3CC3)c3ccccc3)c2)c1. The number of rotatable bonds is 9. The van der Waals surface area contributed by atoms with E-state index < -0.39 is 29.7 Å². The standard InChI is InChI=1S/C29H26F4N4O2/c30-24-12-11-21(14-23(24)27(39-17-18-9-10-18)20-6-2-1-3-7-20)35-28(38)25-15-26(29(31,32)33)36-37(25)22-8-4-5-19(13-22)16-34/h1-8,11-15,18,27H,9-10,16-17,34H2,(H,35,38). The lowest BCUT2D eigenvalue weighted by molar-refractivity contribution is -0.141. The van der Waals surface area contributed by atoms with E-state index in [-0.39, 0.29) is 29.2 Å². The van der Waals surface area contributed by atoms with E-state index in [1.807, 2.05) is 30.3 Å². The zero-order valence-corrected chi connectivity index (χ0v) is 20.8. The number of carbonyl (C=O) groups is 1. The van der Waals surface area contributed by atoms with Crippen LogP contribution in [0.1, 0.15) is 51.8 Å². The van der Waals surface area contributed by atoms with Gasteiger partial charge in [-0.3, -0.25) is 4.79 Å². The van der Waals surface area contributed by atoms with Gasteiger partial charge in [0.1, 0.15) is 17.6 Å². The Labute approximate surface area is 222 Å². The Bertz CT molecular complexity index is 1470. The lowest BCUT2D eigenvalue weighted by atomic mass is 10.00. The molecule has 5 rings (SSSR count). The van der Waals surface area contributed by atoms with Crippen LogP contribution in [0.25, 0.3) is 5.69 Å². The quantitative estimate of drug-likeness (QED) is 0.247. The fourth-order valence-electron chi connectivity index (χ4n) is 4.22. The van der Waals surface area contributed by atoms with Crippen LogP contribution in [0.3, 0.4) is 0 Å². The summed E-state index contributed by atoms with van der Waals surface area (Å²) in [5.41, 5.74) is 6.17. The molecule has 0 saturated heterocycles. The molecule has 6 nitrogen and oxygen atoms in total. The first-order valence-electron chi connectivity index (χ1n) is 12.5. The van der Waals surface area contributed by atoms with Gasteiger partial charge in [0, 0.05) is 23.9 Å². The molecule has 1 aliphatic rings. The number of nitrogens with one attached hydrogen (secondary N) is 1. The van der Waals surface area contributed by atoms with Gasteiger partial charge < -0.3 is 15.8 Å². The Hall–Kier alpha value is -4.02. The molecule has 0 aliphatic heterocycles. The third-order valence-corrected chi connectivity index (χ3v) is 6.46. The van der Waals surface area contributed by atoms with Crippen molar-refractivity contribution in [2.45, 2.75) is 31.7 Å². The van der Waals surface area contributed by atoms with Gasteiger partial charge in [-0.1, -0.05) is 42.5 Å².